The van der Waals surface area contributed by atoms with Gasteiger partial charge in [0.15, 0.2) is 6.04 Å². The molecule has 15 heavy (non-hydrogen) atoms. The van der Waals surface area contributed by atoms with Crippen LogP contribution in [0.3, 0.4) is 0 Å². The van der Waals surface area contributed by atoms with Gasteiger partial charge in [0.2, 0.25) is 6.33 Å². The molecule has 1 N–H and O–H groups in total. The lowest BCUT2D eigenvalue weighted by Gasteiger charge is -1.98. The number of aromatic nitrogens is 2. The van der Waals surface area contributed by atoms with Crippen LogP contribution in [0.5, 0.6) is 0 Å². The van der Waals surface area contributed by atoms with Crippen LogP contribution in [-0.2, 0) is 11.8 Å². The van der Waals surface area contributed by atoms with Gasteiger partial charge in [-0.25, -0.2) is 13.9 Å². The summed E-state index contributed by atoms with van der Waals surface area (Å²) in [6.45, 7) is 1.64. The van der Waals surface area contributed by atoms with Crippen LogP contribution >= 0.6 is 0 Å². The molecule has 1 rings (SSSR count). The van der Waals surface area contributed by atoms with E-state index in [4.69, 9.17) is 20.4 Å². The third-order valence-corrected chi connectivity index (χ3v) is 1.59. The summed E-state index contributed by atoms with van der Waals surface area (Å²) in [6, 6.07) is -0.490. The second kappa shape index (κ2) is 5.58. The molecule has 0 spiro atoms. The normalized spacial score (nSPS) is 11.1. The van der Waals surface area contributed by atoms with Gasteiger partial charge < -0.3 is 20.4 Å². The number of nitrogens with zero attached hydrogens (tertiary/aromatic N) is 3. The van der Waals surface area contributed by atoms with Gasteiger partial charge in [0.05, 0.1) is 12.1 Å². The maximum absolute atomic E-state index is 10.5. The van der Waals surface area contributed by atoms with E-state index in [1.165, 1.54) is 0 Å². The number of carboxylic acid groups (broad SMARTS) is 1. The SMILES string of the molecule is CC(C(=O)O)[n+]1ccn(C)c1.O=[N+]([O-])[O-]. The minimum atomic E-state index is -1.75. The van der Waals surface area contributed by atoms with Crippen LogP contribution < -0.4 is 4.57 Å². The predicted molar refractivity (Wildman–Crippen MR) is 48.3 cm³/mol. The van der Waals surface area contributed by atoms with Crippen LogP contribution in [0.15, 0.2) is 18.7 Å². The molecule has 0 aliphatic carbocycles. The van der Waals surface area contributed by atoms with E-state index in [-0.39, 0.29) is 0 Å². The highest BCUT2D eigenvalue weighted by Crippen LogP contribution is 1.92. The summed E-state index contributed by atoms with van der Waals surface area (Å²) in [6.07, 6.45) is 5.27. The predicted octanol–water partition coefficient (Wildman–Crippen LogP) is -0.281. The minimum Gasteiger partial charge on any atom is -0.478 e. The lowest BCUT2D eigenvalue weighted by Crippen LogP contribution is -2.40. The highest BCUT2D eigenvalue weighted by Gasteiger charge is 2.17. The molecule has 0 saturated carbocycles. The quantitative estimate of drug-likeness (QED) is 0.416. The van der Waals surface area contributed by atoms with Crippen molar-refractivity contribution in [2.45, 2.75) is 13.0 Å². The lowest BCUT2D eigenvalue weighted by molar-refractivity contribution is -0.706. The van der Waals surface area contributed by atoms with Crippen LogP contribution in [0.4, 0.5) is 0 Å². The number of aliphatic carboxylic acids is 1. The van der Waals surface area contributed by atoms with Gasteiger partial charge in [0.25, 0.3) is 0 Å². The van der Waals surface area contributed by atoms with E-state index in [9.17, 15) is 4.79 Å². The number of hydrogen-bond donors (Lipinski definition) is 1. The fourth-order valence-corrected chi connectivity index (χ4v) is 0.826. The minimum absolute atomic E-state index is 0.490. The first-order chi connectivity index (χ1) is 6.84. The summed E-state index contributed by atoms with van der Waals surface area (Å²) in [4.78, 5) is 18.7. The molecule has 1 atom stereocenters. The van der Waals surface area contributed by atoms with Crippen LogP contribution in [-0.4, -0.2) is 20.7 Å². The van der Waals surface area contributed by atoms with Crippen LogP contribution in [0.25, 0.3) is 0 Å². The summed E-state index contributed by atoms with van der Waals surface area (Å²) < 4.78 is 3.45. The topological polar surface area (TPSA) is 112 Å². The molecule has 8 heteroatoms. The number of carboxylic acids is 1. The molecule has 8 nitrogen and oxygen atoms in total. The van der Waals surface area contributed by atoms with Crippen molar-refractivity contribution < 1.29 is 19.6 Å². The molecule has 1 unspecified atom stereocenters. The van der Waals surface area contributed by atoms with Crippen molar-refractivity contribution in [3.05, 3.63) is 34.0 Å². The Morgan fingerprint density at radius 3 is 2.33 bits per heavy atom. The van der Waals surface area contributed by atoms with Crippen molar-refractivity contribution in [3.8, 4) is 0 Å². The molecule has 0 amide bonds. The molecule has 0 bridgehead atoms. The Morgan fingerprint density at radius 2 is 2.07 bits per heavy atom. The van der Waals surface area contributed by atoms with Gasteiger partial charge in [-0.1, -0.05) is 0 Å². The van der Waals surface area contributed by atoms with Crippen molar-refractivity contribution in [1.82, 2.24) is 4.57 Å². The molecular weight excluding hydrogens is 206 g/mol. The van der Waals surface area contributed by atoms with Crippen molar-refractivity contribution in [2.75, 3.05) is 0 Å². The third kappa shape index (κ3) is 5.24. The first-order valence-electron chi connectivity index (χ1n) is 3.91. The van der Waals surface area contributed by atoms with E-state index in [1.54, 1.807) is 34.8 Å². The molecular formula is C7H11N3O5. The van der Waals surface area contributed by atoms with E-state index in [1.807, 2.05) is 7.05 Å². The van der Waals surface area contributed by atoms with E-state index in [2.05, 4.69) is 0 Å². The highest BCUT2D eigenvalue weighted by molar-refractivity contribution is 5.69. The van der Waals surface area contributed by atoms with Crippen molar-refractivity contribution >= 4 is 5.97 Å². The Hall–Kier alpha value is -2.12. The molecule has 84 valence electrons. The molecule has 0 fully saturated rings. The number of carbonyl (C=O) groups is 1. The maximum atomic E-state index is 10.5. The Labute approximate surface area is 85.1 Å². The van der Waals surface area contributed by atoms with E-state index < -0.39 is 17.1 Å². The van der Waals surface area contributed by atoms with Gasteiger partial charge in [-0.15, -0.1) is 0 Å². The zero-order chi connectivity index (χ0) is 12.0. The molecule has 1 heterocycles. The fraction of sp³-hybridized carbons (Fsp3) is 0.429. The first-order valence-corrected chi connectivity index (χ1v) is 3.91. The zero-order valence-electron chi connectivity index (χ0n) is 8.23. The highest BCUT2D eigenvalue weighted by atomic mass is 16.9. The standard InChI is InChI=1S/C7H10N2O2.NO3/c1-6(7(10)11)9-4-3-8(2)5-9;2-1(3)4/h3-6H,1-2H3;/q;-1/p+1. The number of hydrogen-bond acceptors (Lipinski definition) is 4. The molecule has 0 aromatic carbocycles. The van der Waals surface area contributed by atoms with Gasteiger partial charge in [-0.05, 0) is 6.92 Å². The summed E-state index contributed by atoms with van der Waals surface area (Å²) in [5.41, 5.74) is 0. The number of imidazole rings is 1. The molecule has 0 saturated heterocycles. The molecule has 0 aliphatic rings. The summed E-state index contributed by atoms with van der Waals surface area (Å²) in [5, 5.41) is 23.4. The Morgan fingerprint density at radius 1 is 1.60 bits per heavy atom. The van der Waals surface area contributed by atoms with E-state index in [0.717, 1.165) is 0 Å². The van der Waals surface area contributed by atoms with Crippen molar-refractivity contribution in [2.24, 2.45) is 7.05 Å². The van der Waals surface area contributed by atoms with Crippen LogP contribution in [0.2, 0.25) is 0 Å². The summed E-state index contributed by atoms with van der Waals surface area (Å²) in [7, 11) is 1.85. The van der Waals surface area contributed by atoms with Gasteiger partial charge in [-0.3, -0.25) is 0 Å². The van der Waals surface area contributed by atoms with Crippen molar-refractivity contribution in [3.63, 3.8) is 0 Å². The van der Waals surface area contributed by atoms with Crippen LogP contribution in [0.1, 0.15) is 13.0 Å². The summed E-state index contributed by atoms with van der Waals surface area (Å²) in [5.74, 6) is -0.818. The smallest absolute Gasteiger partial charge is 0.349 e. The second-order valence-electron chi connectivity index (χ2n) is 2.76. The average Bonchev–Trinajstić information content (AvgIpc) is 2.49. The fourth-order valence-electron chi connectivity index (χ4n) is 0.826. The number of rotatable bonds is 2. The first kappa shape index (κ1) is 12.9. The molecule has 1 aromatic heterocycles. The monoisotopic (exact) mass is 217 g/mol. The number of aryl methyl sites for hydroxylation is 1. The summed E-state index contributed by atoms with van der Waals surface area (Å²) >= 11 is 0. The van der Waals surface area contributed by atoms with Crippen molar-refractivity contribution in [1.29, 1.82) is 0 Å². The van der Waals surface area contributed by atoms with Gasteiger partial charge in [0.1, 0.15) is 12.4 Å². The molecule has 0 aliphatic heterocycles. The Kier molecular flexibility index (Phi) is 4.79. The second-order valence-corrected chi connectivity index (χ2v) is 2.76. The molecule has 1 aromatic rings. The Balaban J connectivity index is 0.000000423. The van der Waals surface area contributed by atoms with Gasteiger partial charge >= 0.3 is 5.97 Å². The third-order valence-electron chi connectivity index (χ3n) is 1.59. The Bertz CT molecular complexity index is 344. The zero-order valence-corrected chi connectivity index (χ0v) is 8.23. The van der Waals surface area contributed by atoms with E-state index in [0.29, 0.717) is 0 Å². The largest absolute Gasteiger partial charge is 0.478 e. The van der Waals surface area contributed by atoms with Gasteiger partial charge in [-0.2, -0.15) is 0 Å². The van der Waals surface area contributed by atoms with Gasteiger partial charge in [0, 0.05) is 0 Å². The maximum Gasteiger partial charge on any atom is 0.349 e. The molecule has 0 radical (unpaired) electrons. The average molecular weight is 217 g/mol. The van der Waals surface area contributed by atoms with Crippen LogP contribution in [0, 0.1) is 15.3 Å². The van der Waals surface area contributed by atoms with E-state index >= 15 is 0 Å². The lowest BCUT2D eigenvalue weighted by atomic mass is 10.3.